The van der Waals surface area contributed by atoms with Gasteiger partial charge in [-0.25, -0.2) is 0 Å². The molecule has 1 heterocycles. The molecule has 2 saturated carbocycles. The highest BCUT2D eigenvalue weighted by Crippen LogP contribution is 2.73. The number of hydrogen-bond acceptors (Lipinski definition) is 3. The van der Waals surface area contributed by atoms with Crippen LogP contribution in [0.15, 0.2) is 36.4 Å². The number of imide groups is 1. The maximum atomic E-state index is 12.9. The normalized spacial score (nSPS) is 36.3. The van der Waals surface area contributed by atoms with E-state index in [0.717, 1.165) is 5.75 Å². The lowest BCUT2D eigenvalue weighted by molar-refractivity contribution is -0.123. The number of allylic oxidation sites excluding steroid dienone is 2. The van der Waals surface area contributed by atoms with E-state index in [2.05, 4.69) is 12.2 Å². The second kappa shape index (κ2) is 3.80. The summed E-state index contributed by atoms with van der Waals surface area (Å²) in [6, 6.07) is 7.16. The van der Waals surface area contributed by atoms with Crippen LogP contribution in [0.25, 0.3) is 0 Å². The minimum absolute atomic E-state index is 0.0108. The van der Waals surface area contributed by atoms with Gasteiger partial charge in [0.2, 0.25) is 11.8 Å². The van der Waals surface area contributed by atoms with E-state index in [1.807, 2.05) is 0 Å². The van der Waals surface area contributed by atoms with E-state index in [0.29, 0.717) is 5.69 Å². The summed E-state index contributed by atoms with van der Waals surface area (Å²) < 4.78 is 5.14. The van der Waals surface area contributed by atoms with Gasteiger partial charge in [0.15, 0.2) is 0 Å². The van der Waals surface area contributed by atoms with Crippen LogP contribution in [-0.4, -0.2) is 18.9 Å². The molecule has 4 nitrogen and oxygen atoms in total. The second-order valence-electron chi connectivity index (χ2n) is 6.93. The molecule has 4 heteroatoms. The third kappa shape index (κ3) is 1.25. The monoisotopic (exact) mass is 295 g/mol. The summed E-state index contributed by atoms with van der Waals surface area (Å²) in [5, 5.41) is 0. The zero-order chi connectivity index (χ0) is 15.1. The summed E-state index contributed by atoms with van der Waals surface area (Å²) in [6.07, 6.45) is 6.74. The van der Waals surface area contributed by atoms with Crippen LogP contribution in [0.2, 0.25) is 0 Å². The Morgan fingerprint density at radius 3 is 2.00 bits per heavy atom. The molecule has 4 aliphatic rings. The van der Waals surface area contributed by atoms with Crippen LogP contribution in [0.3, 0.4) is 0 Å². The molecule has 0 radical (unpaired) electrons. The van der Waals surface area contributed by atoms with Gasteiger partial charge in [-0.15, -0.1) is 0 Å². The van der Waals surface area contributed by atoms with Crippen molar-refractivity contribution in [1.29, 1.82) is 0 Å². The van der Waals surface area contributed by atoms with Crippen molar-refractivity contribution in [3.8, 4) is 5.75 Å². The van der Waals surface area contributed by atoms with Crippen LogP contribution in [-0.2, 0) is 9.59 Å². The Kier molecular flexibility index (Phi) is 2.15. The van der Waals surface area contributed by atoms with Crippen LogP contribution in [0, 0.1) is 29.1 Å². The predicted octanol–water partition coefficient (Wildman–Crippen LogP) is 2.40. The van der Waals surface area contributed by atoms with Crippen LogP contribution in [0.1, 0.15) is 12.8 Å². The molecule has 3 aliphatic carbocycles. The first kappa shape index (κ1) is 12.4. The number of carbonyl (C=O) groups excluding carboxylic acids is 2. The van der Waals surface area contributed by atoms with Gasteiger partial charge in [0, 0.05) is 0 Å². The number of hydrogen-bond donors (Lipinski definition) is 0. The molecule has 0 N–H and O–H groups in total. The molecule has 4 atom stereocenters. The summed E-state index contributed by atoms with van der Waals surface area (Å²) in [4.78, 5) is 27.2. The highest BCUT2D eigenvalue weighted by atomic mass is 16.5. The Bertz CT molecular complexity index is 682. The average Bonchev–Trinajstić information content (AvgIpc) is 3.13. The molecule has 3 fully saturated rings. The van der Waals surface area contributed by atoms with Crippen molar-refractivity contribution >= 4 is 17.5 Å². The lowest BCUT2D eigenvalue weighted by Gasteiger charge is -2.21. The summed E-state index contributed by atoms with van der Waals surface area (Å²) in [5.41, 5.74) is 0.918. The number of fused-ring (bicyclic) bond motifs is 3. The van der Waals surface area contributed by atoms with Crippen molar-refractivity contribution in [2.45, 2.75) is 12.8 Å². The fourth-order valence-electron chi connectivity index (χ4n) is 5.06. The first-order chi connectivity index (χ1) is 10.7. The standard InChI is InChI=1S/C18H17NO3/c1-22-11-4-2-10(3-5-11)19-16(20)14-12-6-7-13(15(14)17(19)21)18(12)8-9-18/h2-7,12-15H,8-9H2,1H3/t12-,13-,14-,15-/m0/s1. The molecule has 1 aromatic rings. The molecular formula is C18H17NO3. The quantitative estimate of drug-likeness (QED) is 0.622. The van der Waals surface area contributed by atoms with Gasteiger partial charge in [-0.05, 0) is 54.4 Å². The van der Waals surface area contributed by atoms with Crippen molar-refractivity contribution in [3.05, 3.63) is 36.4 Å². The Labute approximate surface area is 128 Å². The van der Waals surface area contributed by atoms with E-state index in [4.69, 9.17) is 4.74 Å². The lowest BCUT2D eigenvalue weighted by atomic mass is 9.85. The topological polar surface area (TPSA) is 46.6 Å². The van der Waals surface area contributed by atoms with Gasteiger partial charge in [0.25, 0.3) is 0 Å². The number of methoxy groups -OCH3 is 1. The molecule has 0 aromatic heterocycles. The van der Waals surface area contributed by atoms with Crippen LogP contribution < -0.4 is 9.64 Å². The van der Waals surface area contributed by atoms with Crippen LogP contribution in [0.4, 0.5) is 5.69 Å². The molecule has 22 heavy (non-hydrogen) atoms. The molecule has 0 unspecified atom stereocenters. The Morgan fingerprint density at radius 1 is 1.00 bits per heavy atom. The van der Waals surface area contributed by atoms with Gasteiger partial charge >= 0.3 is 0 Å². The molecule has 1 aliphatic heterocycles. The first-order valence-electron chi connectivity index (χ1n) is 7.87. The van der Waals surface area contributed by atoms with E-state index in [1.165, 1.54) is 17.7 Å². The number of ether oxygens (including phenoxy) is 1. The molecule has 5 rings (SSSR count). The smallest absolute Gasteiger partial charge is 0.238 e. The minimum atomic E-state index is -0.132. The largest absolute Gasteiger partial charge is 0.497 e. The summed E-state index contributed by atoms with van der Waals surface area (Å²) in [7, 11) is 1.60. The summed E-state index contributed by atoms with van der Waals surface area (Å²) >= 11 is 0. The minimum Gasteiger partial charge on any atom is -0.497 e. The summed E-state index contributed by atoms with van der Waals surface area (Å²) in [6.45, 7) is 0. The van der Waals surface area contributed by atoms with Crippen LogP contribution >= 0.6 is 0 Å². The van der Waals surface area contributed by atoms with Crippen molar-refractivity contribution in [2.24, 2.45) is 29.1 Å². The molecule has 1 aromatic carbocycles. The number of rotatable bonds is 2. The molecule has 2 bridgehead atoms. The maximum Gasteiger partial charge on any atom is 0.238 e. The zero-order valence-electron chi connectivity index (χ0n) is 12.4. The van der Waals surface area contributed by atoms with Crippen molar-refractivity contribution in [1.82, 2.24) is 0 Å². The van der Waals surface area contributed by atoms with Gasteiger partial charge in [0.1, 0.15) is 5.75 Å². The summed E-state index contributed by atoms with van der Waals surface area (Å²) in [5.74, 6) is 0.997. The van der Waals surface area contributed by atoms with Crippen LogP contribution in [0.5, 0.6) is 5.75 Å². The van der Waals surface area contributed by atoms with Gasteiger partial charge < -0.3 is 4.74 Å². The highest BCUT2D eigenvalue weighted by molar-refractivity contribution is 6.23. The van der Waals surface area contributed by atoms with E-state index in [-0.39, 0.29) is 40.9 Å². The predicted molar refractivity (Wildman–Crippen MR) is 80.3 cm³/mol. The molecule has 2 amide bonds. The first-order valence-corrected chi connectivity index (χ1v) is 7.87. The Hall–Kier alpha value is -2.10. The Morgan fingerprint density at radius 2 is 1.55 bits per heavy atom. The van der Waals surface area contributed by atoms with Crippen molar-refractivity contribution in [3.63, 3.8) is 0 Å². The van der Waals surface area contributed by atoms with Crippen molar-refractivity contribution in [2.75, 3.05) is 12.0 Å². The highest BCUT2D eigenvalue weighted by Gasteiger charge is 2.73. The second-order valence-corrected chi connectivity index (χ2v) is 6.93. The number of amides is 2. The van der Waals surface area contributed by atoms with Gasteiger partial charge in [-0.3, -0.25) is 14.5 Å². The lowest BCUT2D eigenvalue weighted by Crippen LogP contribution is -2.34. The molecule has 112 valence electrons. The number of anilines is 1. The SMILES string of the molecule is COc1ccc(N2C(=O)[C@@H]3[C@@H](C2=O)[C@@H]2C=C[C@@H]3C23CC3)cc1. The zero-order valence-corrected chi connectivity index (χ0v) is 12.4. The molecule has 1 spiro atoms. The Balaban J connectivity index is 1.53. The van der Waals surface area contributed by atoms with E-state index >= 15 is 0 Å². The number of benzene rings is 1. The number of carbonyl (C=O) groups is 2. The van der Waals surface area contributed by atoms with Crippen molar-refractivity contribution < 1.29 is 14.3 Å². The fourth-order valence-corrected chi connectivity index (χ4v) is 5.06. The van der Waals surface area contributed by atoms with Gasteiger partial charge in [-0.2, -0.15) is 0 Å². The third-order valence-electron chi connectivity index (χ3n) is 6.18. The molecular weight excluding hydrogens is 278 g/mol. The van der Waals surface area contributed by atoms with E-state index < -0.39 is 0 Å². The maximum absolute atomic E-state index is 12.9. The average molecular weight is 295 g/mol. The molecule has 1 saturated heterocycles. The fraction of sp³-hybridized carbons (Fsp3) is 0.444. The van der Waals surface area contributed by atoms with E-state index in [1.54, 1.807) is 31.4 Å². The van der Waals surface area contributed by atoms with E-state index in [9.17, 15) is 9.59 Å². The van der Waals surface area contributed by atoms with Gasteiger partial charge in [0.05, 0.1) is 24.6 Å². The number of nitrogens with zero attached hydrogens (tertiary/aromatic N) is 1. The third-order valence-corrected chi connectivity index (χ3v) is 6.18. The van der Waals surface area contributed by atoms with Gasteiger partial charge in [-0.1, -0.05) is 12.2 Å².